The molecule has 6 nitrogen and oxygen atoms in total. The minimum Gasteiger partial charge on any atom is -0.342 e. The first-order valence-corrected chi connectivity index (χ1v) is 11.6. The molecule has 0 radical (unpaired) electrons. The number of hydrogen-bond donors (Lipinski definition) is 1. The number of nitrogens with zero attached hydrogens (tertiary/aromatic N) is 2. The monoisotopic (exact) mass is 453 g/mol. The number of benzene rings is 2. The molecule has 0 aliphatic carbocycles. The van der Waals surface area contributed by atoms with Gasteiger partial charge in [0.25, 0.3) is 5.91 Å². The molecule has 0 saturated carbocycles. The number of halogens is 1. The van der Waals surface area contributed by atoms with Gasteiger partial charge in [0.05, 0.1) is 6.42 Å². The number of piperidine rings is 1. The first-order chi connectivity index (χ1) is 15.9. The van der Waals surface area contributed by atoms with Crippen LogP contribution in [-0.4, -0.2) is 59.7 Å². The van der Waals surface area contributed by atoms with Crippen molar-refractivity contribution in [3.05, 3.63) is 71.5 Å². The molecule has 0 aromatic heterocycles. The summed E-state index contributed by atoms with van der Waals surface area (Å²) in [6.07, 6.45) is 1.61. The average Bonchev–Trinajstić information content (AvgIpc) is 2.84. The Hall–Kier alpha value is -3.22. The zero-order valence-corrected chi connectivity index (χ0v) is 19.3. The Labute approximate surface area is 194 Å². The Morgan fingerprint density at radius 1 is 1.00 bits per heavy atom. The summed E-state index contributed by atoms with van der Waals surface area (Å²) in [5.74, 6) is -0.952. The molecule has 2 aromatic rings. The smallest absolute Gasteiger partial charge is 0.251 e. The van der Waals surface area contributed by atoms with Gasteiger partial charge >= 0.3 is 0 Å². The summed E-state index contributed by atoms with van der Waals surface area (Å²) in [5, 5.41) is 2.90. The summed E-state index contributed by atoms with van der Waals surface area (Å²) >= 11 is 0. The van der Waals surface area contributed by atoms with Crippen LogP contribution >= 0.6 is 0 Å². The average molecular weight is 454 g/mol. The molecule has 1 aliphatic heterocycles. The summed E-state index contributed by atoms with van der Waals surface area (Å²) in [7, 11) is 0. The van der Waals surface area contributed by atoms with E-state index in [1.165, 1.54) is 24.3 Å². The summed E-state index contributed by atoms with van der Waals surface area (Å²) in [6, 6.07) is 14.2. The van der Waals surface area contributed by atoms with Crippen molar-refractivity contribution in [2.75, 3.05) is 26.2 Å². The van der Waals surface area contributed by atoms with Crippen molar-refractivity contribution in [1.82, 2.24) is 15.1 Å². The van der Waals surface area contributed by atoms with E-state index in [0.717, 1.165) is 5.56 Å². The van der Waals surface area contributed by atoms with Crippen LogP contribution in [0.2, 0.25) is 0 Å². The number of nitrogens with one attached hydrogen (secondary N) is 1. The molecule has 176 valence electrons. The third kappa shape index (κ3) is 6.40. The van der Waals surface area contributed by atoms with Gasteiger partial charge in [-0.1, -0.05) is 30.3 Å². The molecule has 0 bridgehead atoms. The molecule has 3 amide bonds. The standard InChI is InChI=1S/C26H32FN3O3/c1-3-29(4-2)26(33)24(28-25(32)21-10-12-22(27)13-11-21)20-14-16-30(17-15-20)23(31)18-19-8-6-5-7-9-19/h5-13,20,24H,3-4,14-18H2,1-2H3,(H,28,32). The summed E-state index contributed by atoms with van der Waals surface area (Å²) in [6.45, 7) is 6.01. The number of carbonyl (C=O) groups is 3. The molecule has 33 heavy (non-hydrogen) atoms. The predicted octanol–water partition coefficient (Wildman–Crippen LogP) is 3.27. The van der Waals surface area contributed by atoms with Gasteiger partial charge in [-0.15, -0.1) is 0 Å². The van der Waals surface area contributed by atoms with Crippen molar-refractivity contribution in [3.8, 4) is 0 Å². The van der Waals surface area contributed by atoms with Crippen molar-refractivity contribution < 1.29 is 18.8 Å². The molecule has 2 aromatic carbocycles. The van der Waals surface area contributed by atoms with Crippen molar-refractivity contribution in [1.29, 1.82) is 0 Å². The van der Waals surface area contributed by atoms with Crippen LogP contribution in [0, 0.1) is 11.7 Å². The summed E-state index contributed by atoms with van der Waals surface area (Å²) < 4.78 is 13.2. The van der Waals surface area contributed by atoms with Gasteiger partial charge in [0.1, 0.15) is 11.9 Å². The Kier molecular flexibility index (Phi) is 8.58. The van der Waals surface area contributed by atoms with Gasteiger partial charge in [-0.05, 0) is 62.4 Å². The normalized spacial score (nSPS) is 15.1. The highest BCUT2D eigenvalue weighted by Crippen LogP contribution is 2.23. The van der Waals surface area contributed by atoms with E-state index in [4.69, 9.17) is 0 Å². The second kappa shape index (κ2) is 11.6. The Bertz CT molecular complexity index is 937. The SMILES string of the molecule is CCN(CC)C(=O)C(NC(=O)c1ccc(F)cc1)C1CCN(C(=O)Cc2ccccc2)CC1. The van der Waals surface area contributed by atoms with E-state index in [2.05, 4.69) is 5.32 Å². The zero-order valence-electron chi connectivity index (χ0n) is 19.3. The van der Waals surface area contributed by atoms with Crippen molar-refractivity contribution in [3.63, 3.8) is 0 Å². The molecule has 1 aliphatic rings. The lowest BCUT2D eigenvalue weighted by Crippen LogP contribution is -2.54. The highest BCUT2D eigenvalue weighted by atomic mass is 19.1. The van der Waals surface area contributed by atoms with Gasteiger partial charge < -0.3 is 15.1 Å². The fourth-order valence-electron chi connectivity index (χ4n) is 4.30. The second-order valence-corrected chi connectivity index (χ2v) is 8.35. The highest BCUT2D eigenvalue weighted by molar-refractivity contribution is 5.97. The predicted molar refractivity (Wildman–Crippen MR) is 125 cm³/mol. The molecule has 1 N–H and O–H groups in total. The van der Waals surface area contributed by atoms with Gasteiger partial charge in [-0.2, -0.15) is 0 Å². The van der Waals surface area contributed by atoms with Crippen molar-refractivity contribution >= 4 is 17.7 Å². The zero-order chi connectivity index (χ0) is 23.8. The van der Waals surface area contributed by atoms with E-state index in [1.807, 2.05) is 49.1 Å². The van der Waals surface area contributed by atoms with Crippen LogP contribution < -0.4 is 5.32 Å². The Morgan fingerprint density at radius 2 is 1.61 bits per heavy atom. The quantitative estimate of drug-likeness (QED) is 0.667. The molecule has 1 fully saturated rings. The summed E-state index contributed by atoms with van der Waals surface area (Å²) in [5.41, 5.74) is 1.29. The van der Waals surface area contributed by atoms with Crippen LogP contribution in [0.4, 0.5) is 4.39 Å². The fourth-order valence-corrected chi connectivity index (χ4v) is 4.30. The Balaban J connectivity index is 1.67. The van der Waals surface area contributed by atoms with E-state index < -0.39 is 17.8 Å². The van der Waals surface area contributed by atoms with Crippen LogP contribution in [0.1, 0.15) is 42.6 Å². The number of likely N-dealkylation sites (tertiary alicyclic amines) is 1. The van der Waals surface area contributed by atoms with E-state index in [0.29, 0.717) is 51.0 Å². The van der Waals surface area contributed by atoms with Gasteiger partial charge in [-0.25, -0.2) is 4.39 Å². The van der Waals surface area contributed by atoms with E-state index in [9.17, 15) is 18.8 Å². The van der Waals surface area contributed by atoms with E-state index in [-0.39, 0.29) is 17.7 Å². The molecule has 0 spiro atoms. The largest absolute Gasteiger partial charge is 0.342 e. The van der Waals surface area contributed by atoms with E-state index in [1.54, 1.807) is 4.90 Å². The third-order valence-corrected chi connectivity index (χ3v) is 6.30. The molecule has 1 unspecified atom stereocenters. The van der Waals surface area contributed by atoms with Crippen molar-refractivity contribution in [2.24, 2.45) is 5.92 Å². The van der Waals surface area contributed by atoms with E-state index >= 15 is 0 Å². The minimum absolute atomic E-state index is 0.0709. The molecular weight excluding hydrogens is 421 g/mol. The highest BCUT2D eigenvalue weighted by Gasteiger charge is 2.35. The first-order valence-electron chi connectivity index (χ1n) is 11.6. The molecule has 1 saturated heterocycles. The molecule has 7 heteroatoms. The van der Waals surface area contributed by atoms with Crippen LogP contribution in [0.5, 0.6) is 0 Å². The van der Waals surface area contributed by atoms with Crippen LogP contribution in [0.25, 0.3) is 0 Å². The molecule has 1 atom stereocenters. The molecule has 1 heterocycles. The molecular formula is C26H32FN3O3. The Morgan fingerprint density at radius 3 is 2.18 bits per heavy atom. The number of carbonyl (C=O) groups excluding carboxylic acids is 3. The topological polar surface area (TPSA) is 69.7 Å². The van der Waals surface area contributed by atoms with Crippen LogP contribution in [0.15, 0.2) is 54.6 Å². The lowest BCUT2D eigenvalue weighted by molar-refractivity contribution is -0.135. The van der Waals surface area contributed by atoms with Gasteiger partial charge in [0, 0.05) is 31.7 Å². The van der Waals surface area contributed by atoms with Crippen LogP contribution in [-0.2, 0) is 16.0 Å². The lowest BCUT2D eigenvalue weighted by atomic mass is 9.88. The van der Waals surface area contributed by atoms with Gasteiger partial charge in [0.2, 0.25) is 11.8 Å². The number of hydrogen-bond acceptors (Lipinski definition) is 3. The number of rotatable bonds is 8. The second-order valence-electron chi connectivity index (χ2n) is 8.35. The van der Waals surface area contributed by atoms with Crippen LogP contribution in [0.3, 0.4) is 0 Å². The maximum Gasteiger partial charge on any atom is 0.251 e. The maximum absolute atomic E-state index is 13.3. The maximum atomic E-state index is 13.3. The fraction of sp³-hybridized carbons (Fsp3) is 0.423. The lowest BCUT2D eigenvalue weighted by Gasteiger charge is -2.37. The van der Waals surface area contributed by atoms with Gasteiger partial charge in [-0.3, -0.25) is 14.4 Å². The molecule has 3 rings (SSSR count). The summed E-state index contributed by atoms with van der Waals surface area (Å²) in [4.78, 5) is 42.3. The van der Waals surface area contributed by atoms with Crippen molar-refractivity contribution in [2.45, 2.75) is 39.2 Å². The third-order valence-electron chi connectivity index (χ3n) is 6.30. The minimum atomic E-state index is -0.686. The number of likely N-dealkylation sites (N-methyl/N-ethyl adjacent to an activating group) is 1. The van der Waals surface area contributed by atoms with Gasteiger partial charge in [0.15, 0.2) is 0 Å². The first kappa shape index (κ1) is 24.4. The number of amides is 3.